The summed E-state index contributed by atoms with van der Waals surface area (Å²) in [6, 6.07) is 2.08. The highest BCUT2D eigenvalue weighted by molar-refractivity contribution is 5.51. The number of hydrogen-bond donors (Lipinski definition) is 1. The molecule has 7 heteroatoms. The van der Waals surface area contributed by atoms with Gasteiger partial charge in [-0.05, 0) is 19.3 Å². The summed E-state index contributed by atoms with van der Waals surface area (Å²) in [5, 5.41) is 10.7. The molecule has 0 amide bonds. The van der Waals surface area contributed by atoms with Crippen LogP contribution in [0.3, 0.4) is 0 Å². The van der Waals surface area contributed by atoms with Crippen LogP contribution in [0.1, 0.15) is 19.3 Å². The van der Waals surface area contributed by atoms with Crippen molar-refractivity contribution in [3.05, 3.63) is 28.1 Å². The Morgan fingerprint density at radius 2 is 2.16 bits per heavy atom. The molecule has 1 fully saturated rings. The average molecular weight is 270 g/mol. The fourth-order valence-electron chi connectivity index (χ4n) is 2.18. The van der Waals surface area contributed by atoms with Crippen LogP contribution in [0, 0.1) is 15.9 Å². The number of methoxy groups -OCH3 is 1. The van der Waals surface area contributed by atoms with Gasteiger partial charge in [0.15, 0.2) is 11.6 Å². The number of nitro groups is 1. The zero-order valence-corrected chi connectivity index (χ0v) is 10.5. The molecule has 19 heavy (non-hydrogen) atoms. The van der Waals surface area contributed by atoms with E-state index in [1.807, 2.05) is 0 Å². The van der Waals surface area contributed by atoms with Crippen LogP contribution in [0.25, 0.3) is 0 Å². The summed E-state index contributed by atoms with van der Waals surface area (Å²) >= 11 is 0. The first-order chi connectivity index (χ1) is 9.01. The van der Waals surface area contributed by atoms with Crippen LogP contribution in [0.4, 0.5) is 10.1 Å². The number of hydrogen-bond acceptors (Lipinski definition) is 5. The lowest BCUT2D eigenvalue weighted by molar-refractivity contribution is -0.386. The Morgan fingerprint density at radius 3 is 2.68 bits per heavy atom. The first-order valence-electron chi connectivity index (χ1n) is 5.95. The van der Waals surface area contributed by atoms with E-state index in [2.05, 4.69) is 0 Å². The molecule has 0 aromatic heterocycles. The summed E-state index contributed by atoms with van der Waals surface area (Å²) in [7, 11) is 1.29. The van der Waals surface area contributed by atoms with E-state index >= 15 is 0 Å². The molecule has 0 saturated heterocycles. The normalized spacial score (nSPS) is 22.3. The molecule has 1 aromatic carbocycles. The minimum absolute atomic E-state index is 0.0244. The van der Waals surface area contributed by atoms with E-state index in [-0.39, 0.29) is 23.6 Å². The highest BCUT2D eigenvalue weighted by Gasteiger charge is 2.26. The van der Waals surface area contributed by atoms with Crippen molar-refractivity contribution in [2.45, 2.75) is 31.4 Å². The van der Waals surface area contributed by atoms with E-state index in [0.29, 0.717) is 6.42 Å². The average Bonchev–Trinajstić information content (AvgIpc) is 2.76. The molecule has 0 spiro atoms. The second-order valence-electron chi connectivity index (χ2n) is 4.52. The summed E-state index contributed by atoms with van der Waals surface area (Å²) < 4.78 is 24.1. The fraction of sp³-hybridized carbons (Fsp3) is 0.500. The van der Waals surface area contributed by atoms with Gasteiger partial charge in [0.1, 0.15) is 6.10 Å². The van der Waals surface area contributed by atoms with E-state index in [9.17, 15) is 14.5 Å². The molecule has 1 saturated carbocycles. The van der Waals surface area contributed by atoms with Gasteiger partial charge in [0.05, 0.1) is 18.1 Å². The third-order valence-electron chi connectivity index (χ3n) is 3.15. The van der Waals surface area contributed by atoms with Gasteiger partial charge in [-0.25, -0.2) is 4.39 Å². The van der Waals surface area contributed by atoms with Crippen LogP contribution in [0.5, 0.6) is 11.5 Å². The van der Waals surface area contributed by atoms with Crippen LogP contribution < -0.4 is 15.2 Å². The topological polar surface area (TPSA) is 87.6 Å². The SMILES string of the molecule is COc1cc(OC2CCC(N)C2)c(F)cc1[N+](=O)[O-]. The molecule has 1 aliphatic carbocycles. The van der Waals surface area contributed by atoms with Crippen molar-refractivity contribution in [2.75, 3.05) is 7.11 Å². The molecule has 0 heterocycles. The summed E-state index contributed by atoms with van der Waals surface area (Å²) in [6.45, 7) is 0. The van der Waals surface area contributed by atoms with E-state index < -0.39 is 16.4 Å². The van der Waals surface area contributed by atoms with Crippen LogP contribution in [-0.2, 0) is 0 Å². The van der Waals surface area contributed by atoms with Crippen LogP contribution in [-0.4, -0.2) is 24.2 Å². The minimum atomic E-state index is -0.770. The van der Waals surface area contributed by atoms with Gasteiger partial charge in [-0.3, -0.25) is 10.1 Å². The Morgan fingerprint density at radius 1 is 1.42 bits per heavy atom. The van der Waals surface area contributed by atoms with E-state index in [4.69, 9.17) is 15.2 Å². The molecular weight excluding hydrogens is 255 g/mol. The zero-order chi connectivity index (χ0) is 14.0. The van der Waals surface area contributed by atoms with Crippen molar-refractivity contribution in [1.29, 1.82) is 0 Å². The van der Waals surface area contributed by atoms with Crippen molar-refractivity contribution in [1.82, 2.24) is 0 Å². The molecule has 2 unspecified atom stereocenters. The Kier molecular flexibility index (Phi) is 3.84. The maximum absolute atomic E-state index is 13.8. The molecule has 0 aliphatic heterocycles. The number of nitrogens with two attached hydrogens (primary N) is 1. The number of nitrogens with zero attached hydrogens (tertiary/aromatic N) is 1. The number of ether oxygens (including phenoxy) is 2. The predicted molar refractivity (Wildman–Crippen MR) is 65.8 cm³/mol. The predicted octanol–water partition coefficient (Wildman–Crippen LogP) is 2.00. The Hall–Kier alpha value is -1.89. The minimum Gasteiger partial charge on any atom is -0.490 e. The first-order valence-corrected chi connectivity index (χ1v) is 5.95. The summed E-state index contributed by atoms with van der Waals surface area (Å²) in [6.07, 6.45) is 2.07. The van der Waals surface area contributed by atoms with Gasteiger partial charge in [0.2, 0.25) is 5.75 Å². The van der Waals surface area contributed by atoms with E-state index in [1.54, 1.807) is 0 Å². The second kappa shape index (κ2) is 5.40. The van der Waals surface area contributed by atoms with Gasteiger partial charge in [0, 0.05) is 12.1 Å². The lowest BCUT2D eigenvalue weighted by Gasteiger charge is -2.14. The standard InChI is InChI=1S/C12H15FN2O4/c1-18-12-6-11(9(13)5-10(12)15(16)17)19-8-3-2-7(14)4-8/h5-8H,2-4,14H2,1H3. The van der Waals surface area contributed by atoms with Crippen molar-refractivity contribution < 1.29 is 18.8 Å². The third kappa shape index (κ3) is 2.93. The molecule has 0 bridgehead atoms. The van der Waals surface area contributed by atoms with Gasteiger partial charge in [-0.1, -0.05) is 0 Å². The van der Waals surface area contributed by atoms with Crippen molar-refractivity contribution >= 4 is 5.69 Å². The molecule has 1 aliphatic rings. The van der Waals surface area contributed by atoms with Crippen molar-refractivity contribution in [3.63, 3.8) is 0 Å². The maximum Gasteiger partial charge on any atom is 0.314 e. The molecule has 6 nitrogen and oxygen atoms in total. The van der Waals surface area contributed by atoms with Gasteiger partial charge >= 0.3 is 5.69 Å². The highest BCUT2D eigenvalue weighted by Crippen LogP contribution is 2.35. The van der Waals surface area contributed by atoms with Crippen LogP contribution >= 0.6 is 0 Å². The Balaban J connectivity index is 2.23. The number of benzene rings is 1. The Bertz CT molecular complexity index is 495. The molecule has 0 radical (unpaired) electrons. The van der Waals surface area contributed by atoms with Gasteiger partial charge in [0.25, 0.3) is 0 Å². The monoisotopic (exact) mass is 270 g/mol. The quantitative estimate of drug-likeness (QED) is 0.667. The van der Waals surface area contributed by atoms with Gasteiger partial charge < -0.3 is 15.2 Å². The number of rotatable bonds is 4. The lowest BCUT2D eigenvalue weighted by atomic mass is 10.2. The molecule has 104 valence electrons. The lowest BCUT2D eigenvalue weighted by Crippen LogP contribution is -2.19. The summed E-state index contributed by atoms with van der Waals surface area (Å²) in [5.74, 6) is -0.835. The number of halogens is 1. The highest BCUT2D eigenvalue weighted by atomic mass is 19.1. The van der Waals surface area contributed by atoms with Gasteiger partial charge in [-0.2, -0.15) is 0 Å². The van der Waals surface area contributed by atoms with E-state index in [0.717, 1.165) is 18.9 Å². The Labute approximate surface area is 109 Å². The zero-order valence-electron chi connectivity index (χ0n) is 10.5. The number of nitro benzene ring substituents is 1. The molecule has 2 rings (SSSR count). The smallest absolute Gasteiger partial charge is 0.314 e. The maximum atomic E-state index is 13.8. The summed E-state index contributed by atoms with van der Waals surface area (Å²) in [5.41, 5.74) is 5.33. The largest absolute Gasteiger partial charge is 0.490 e. The molecule has 2 atom stereocenters. The molecular formula is C12H15FN2O4. The van der Waals surface area contributed by atoms with Crippen molar-refractivity contribution in [2.24, 2.45) is 5.73 Å². The van der Waals surface area contributed by atoms with Gasteiger partial charge in [-0.15, -0.1) is 0 Å². The molecule has 2 N–H and O–H groups in total. The first kappa shape index (κ1) is 13.5. The molecule has 1 aromatic rings. The third-order valence-corrected chi connectivity index (χ3v) is 3.15. The van der Waals surface area contributed by atoms with Crippen molar-refractivity contribution in [3.8, 4) is 11.5 Å². The fourth-order valence-corrected chi connectivity index (χ4v) is 2.18. The van der Waals surface area contributed by atoms with Crippen LogP contribution in [0.15, 0.2) is 12.1 Å². The summed E-state index contributed by atoms with van der Waals surface area (Å²) in [4.78, 5) is 10.0. The second-order valence-corrected chi connectivity index (χ2v) is 4.52. The van der Waals surface area contributed by atoms with E-state index in [1.165, 1.54) is 13.2 Å². The van der Waals surface area contributed by atoms with Crippen LogP contribution in [0.2, 0.25) is 0 Å².